The average Bonchev–Trinajstić information content (AvgIpc) is 3.84. The predicted octanol–water partition coefficient (Wildman–Crippen LogP) is 6.55. The summed E-state index contributed by atoms with van der Waals surface area (Å²) in [6, 6.07) is 6.82. The molecule has 0 bridgehead atoms. The standard InChI is InChI=1S/C38H50N6O2.C2H6S/c1-5-38(12-13-38)37(45)41-35(33-24-39-25-42(33)4)32-23-29-7-6-14-40-34(29)36(30-9-8-26(2)21-31(30)32)44-17-15-43(16-18-44)27(3)22-28-10-19-46-20-11-28;1-3-2/h6-9,14,21,23-25,28,34-36,40H,3,5,10-13,15-20,22H2,1-2,4H3,(H,41,45);1-2H3. The number of hydrogen-bond donors (Lipinski definition) is 2. The molecule has 3 unspecified atom stereocenters. The molecule has 8 nitrogen and oxygen atoms in total. The molecule has 264 valence electrons. The molecular weight excluding hydrogens is 629 g/mol. The fourth-order valence-corrected chi connectivity index (χ4v) is 8.05. The Kier molecular flexibility index (Phi) is 11.4. The van der Waals surface area contributed by atoms with Crippen LogP contribution in [0.25, 0.3) is 5.57 Å². The molecule has 9 heteroatoms. The number of amides is 1. The third-order valence-electron chi connectivity index (χ3n) is 11.3. The zero-order chi connectivity index (χ0) is 34.5. The van der Waals surface area contributed by atoms with Gasteiger partial charge in [0.15, 0.2) is 0 Å². The van der Waals surface area contributed by atoms with Crippen molar-refractivity contribution in [3.05, 3.63) is 95.4 Å². The van der Waals surface area contributed by atoms with Crippen LogP contribution in [0.1, 0.15) is 79.9 Å². The van der Waals surface area contributed by atoms with Crippen molar-refractivity contribution >= 4 is 23.2 Å². The second kappa shape index (κ2) is 15.7. The Morgan fingerprint density at radius 2 is 1.92 bits per heavy atom. The second-order valence-corrected chi connectivity index (χ2v) is 15.3. The molecule has 2 aromatic rings. The quantitative estimate of drug-likeness (QED) is 0.310. The Balaban J connectivity index is 0.00000134. The number of imidazole rings is 1. The Bertz CT molecular complexity index is 1570. The number of benzene rings is 1. The van der Waals surface area contributed by atoms with E-state index < -0.39 is 0 Å². The van der Waals surface area contributed by atoms with Crippen molar-refractivity contribution in [1.82, 2.24) is 30.0 Å². The number of rotatable bonds is 9. The minimum atomic E-state index is -0.318. The lowest BCUT2D eigenvalue weighted by Gasteiger charge is -2.44. The number of dihydropyridines is 1. The SMILES string of the molecule is C=C(CC1CCOCC1)N1CCN(C2c3ccc(C)cc3C(C(NC(=O)C3(CC)CC3)c3cncn3C)=CC3=CC=CNC32)CC1.CSC. The van der Waals surface area contributed by atoms with E-state index in [4.69, 9.17) is 4.74 Å². The number of piperazine rings is 1. The largest absolute Gasteiger partial charge is 0.382 e. The molecule has 3 fully saturated rings. The molecule has 4 heterocycles. The highest BCUT2D eigenvalue weighted by molar-refractivity contribution is 7.97. The highest BCUT2D eigenvalue weighted by Gasteiger charge is 2.49. The summed E-state index contributed by atoms with van der Waals surface area (Å²) in [7, 11) is 2.02. The highest BCUT2D eigenvalue weighted by atomic mass is 32.2. The van der Waals surface area contributed by atoms with Gasteiger partial charge in [-0.05, 0) is 98.4 Å². The summed E-state index contributed by atoms with van der Waals surface area (Å²) in [5.74, 6) is 0.841. The van der Waals surface area contributed by atoms with Crippen LogP contribution in [0.5, 0.6) is 0 Å². The number of allylic oxidation sites excluding steroid dienone is 3. The number of aryl methyl sites for hydroxylation is 2. The van der Waals surface area contributed by atoms with E-state index in [1.54, 1.807) is 11.8 Å². The molecule has 49 heavy (non-hydrogen) atoms. The third kappa shape index (κ3) is 7.74. The number of ether oxygens (including phenoxy) is 1. The minimum absolute atomic E-state index is 0.0919. The van der Waals surface area contributed by atoms with Crippen LogP contribution < -0.4 is 10.6 Å². The second-order valence-electron chi connectivity index (χ2n) is 14.5. The number of carbonyl (C=O) groups excluding carboxylic acids is 1. The van der Waals surface area contributed by atoms with Gasteiger partial charge >= 0.3 is 0 Å². The number of hydrogen-bond acceptors (Lipinski definition) is 7. The van der Waals surface area contributed by atoms with Crippen molar-refractivity contribution in [2.24, 2.45) is 18.4 Å². The van der Waals surface area contributed by atoms with Crippen molar-refractivity contribution < 1.29 is 9.53 Å². The highest BCUT2D eigenvalue weighted by Crippen LogP contribution is 2.50. The van der Waals surface area contributed by atoms with E-state index in [1.165, 1.54) is 28.0 Å². The smallest absolute Gasteiger partial charge is 0.227 e. The van der Waals surface area contributed by atoms with E-state index in [-0.39, 0.29) is 29.4 Å². The van der Waals surface area contributed by atoms with Gasteiger partial charge in [0.05, 0.1) is 36.3 Å². The molecule has 1 saturated carbocycles. The van der Waals surface area contributed by atoms with Crippen LogP contribution in [0.4, 0.5) is 0 Å². The number of nitrogens with zero attached hydrogens (tertiary/aromatic N) is 4. The first kappa shape index (κ1) is 35.6. The molecule has 3 atom stereocenters. The minimum Gasteiger partial charge on any atom is -0.382 e. The van der Waals surface area contributed by atoms with Crippen LogP contribution in [0.2, 0.25) is 0 Å². The summed E-state index contributed by atoms with van der Waals surface area (Å²) in [5.41, 5.74) is 8.12. The maximum atomic E-state index is 13.9. The molecule has 2 N–H and O–H groups in total. The zero-order valence-corrected chi connectivity index (χ0v) is 31.0. The summed E-state index contributed by atoms with van der Waals surface area (Å²) in [6.45, 7) is 14.5. The molecule has 2 aliphatic carbocycles. The van der Waals surface area contributed by atoms with Crippen LogP contribution >= 0.6 is 11.8 Å². The fourth-order valence-electron chi connectivity index (χ4n) is 8.05. The first-order valence-corrected chi connectivity index (χ1v) is 19.8. The van der Waals surface area contributed by atoms with Crippen LogP contribution in [-0.2, 0) is 16.6 Å². The molecule has 1 amide bonds. The molecule has 7 rings (SSSR count). The number of thioether (sulfide) groups is 1. The van der Waals surface area contributed by atoms with Crippen molar-refractivity contribution in [3.8, 4) is 0 Å². The topological polar surface area (TPSA) is 74.7 Å². The van der Waals surface area contributed by atoms with E-state index >= 15 is 0 Å². The van der Waals surface area contributed by atoms with Crippen molar-refractivity contribution in [1.29, 1.82) is 0 Å². The van der Waals surface area contributed by atoms with Gasteiger partial charge in [-0.25, -0.2) is 4.98 Å². The van der Waals surface area contributed by atoms with Gasteiger partial charge in [0.1, 0.15) is 0 Å². The average molecular weight is 685 g/mol. The van der Waals surface area contributed by atoms with Crippen LogP contribution in [0.3, 0.4) is 0 Å². The first-order valence-electron chi connectivity index (χ1n) is 18.2. The number of fused-ring (bicyclic) bond motifs is 2. The Morgan fingerprint density at radius 1 is 1.18 bits per heavy atom. The predicted molar refractivity (Wildman–Crippen MR) is 202 cm³/mol. The third-order valence-corrected chi connectivity index (χ3v) is 11.3. The van der Waals surface area contributed by atoms with E-state index in [9.17, 15) is 4.79 Å². The lowest BCUT2D eigenvalue weighted by atomic mass is 9.87. The zero-order valence-electron chi connectivity index (χ0n) is 30.2. The van der Waals surface area contributed by atoms with E-state index in [2.05, 4.69) is 88.5 Å². The normalized spacial score (nSPS) is 23.7. The van der Waals surface area contributed by atoms with E-state index in [1.807, 2.05) is 36.7 Å². The van der Waals surface area contributed by atoms with Gasteiger partial charge in [-0.15, -0.1) is 0 Å². The maximum absolute atomic E-state index is 13.9. The van der Waals surface area contributed by atoms with Gasteiger partial charge < -0.3 is 24.8 Å². The molecule has 1 aromatic carbocycles. The number of aromatic nitrogens is 2. The van der Waals surface area contributed by atoms with Crippen LogP contribution in [0.15, 0.2) is 73.0 Å². The summed E-state index contributed by atoms with van der Waals surface area (Å²) in [4.78, 5) is 23.5. The van der Waals surface area contributed by atoms with Gasteiger partial charge in [0.25, 0.3) is 0 Å². The van der Waals surface area contributed by atoms with Crippen LogP contribution in [-0.4, -0.2) is 83.2 Å². The van der Waals surface area contributed by atoms with Crippen molar-refractivity contribution in [3.63, 3.8) is 0 Å². The molecule has 5 aliphatic rings. The van der Waals surface area contributed by atoms with Gasteiger partial charge in [-0.1, -0.05) is 49.4 Å². The fraction of sp³-hybridized carbons (Fsp3) is 0.550. The molecule has 2 saturated heterocycles. The van der Waals surface area contributed by atoms with E-state index in [0.29, 0.717) is 5.92 Å². The summed E-state index contributed by atoms with van der Waals surface area (Å²) in [5, 5.41) is 7.30. The Labute approximate surface area is 298 Å². The lowest BCUT2D eigenvalue weighted by Crippen LogP contribution is -2.52. The molecule has 1 aromatic heterocycles. The van der Waals surface area contributed by atoms with Gasteiger partial charge in [-0.3, -0.25) is 9.69 Å². The molecular formula is C40H56N6O2S. The lowest BCUT2D eigenvalue weighted by molar-refractivity contribution is -0.126. The van der Waals surface area contributed by atoms with Crippen molar-refractivity contribution in [2.75, 3.05) is 51.9 Å². The summed E-state index contributed by atoms with van der Waals surface area (Å²) >= 11 is 1.75. The van der Waals surface area contributed by atoms with Gasteiger partial charge in [-0.2, -0.15) is 11.8 Å². The monoisotopic (exact) mass is 684 g/mol. The van der Waals surface area contributed by atoms with Gasteiger partial charge in [0, 0.05) is 57.6 Å². The number of nitrogens with one attached hydrogen (secondary N) is 2. The summed E-state index contributed by atoms with van der Waals surface area (Å²) in [6.07, 6.45) is 22.7. The van der Waals surface area contributed by atoms with Crippen molar-refractivity contribution in [2.45, 2.75) is 70.5 Å². The molecule has 3 aliphatic heterocycles. The Morgan fingerprint density at radius 3 is 2.57 bits per heavy atom. The molecule has 0 radical (unpaired) electrons. The Hall–Kier alpha value is -3.27. The number of carbonyl (C=O) groups is 1. The van der Waals surface area contributed by atoms with Crippen LogP contribution in [0, 0.1) is 18.3 Å². The van der Waals surface area contributed by atoms with Gasteiger partial charge in [0.2, 0.25) is 5.91 Å². The van der Waals surface area contributed by atoms with E-state index in [0.717, 1.165) is 89.2 Å². The molecule has 0 spiro atoms. The summed E-state index contributed by atoms with van der Waals surface area (Å²) < 4.78 is 7.64. The first-order chi connectivity index (χ1) is 23.8. The maximum Gasteiger partial charge on any atom is 0.227 e.